The molecule has 0 amide bonds. The van der Waals surface area contributed by atoms with Gasteiger partial charge in [-0.3, -0.25) is 0 Å². The smallest absolute Gasteiger partial charge is 0.0721 e. The molecule has 0 unspecified atom stereocenters. The maximum atomic E-state index is 5.55. The molecule has 0 aromatic heterocycles. The number of rotatable bonds is 5. The zero-order chi connectivity index (χ0) is 13.8. The minimum Gasteiger partial charge on any atom is -0.373 e. The molecular formula is C18H22O. The fourth-order valence-electron chi connectivity index (χ4n) is 1.57. The first-order chi connectivity index (χ1) is 9.45. The molecule has 0 saturated carbocycles. The Balaban J connectivity index is 0.000000861. The highest BCUT2D eigenvalue weighted by Gasteiger charge is 1.89. The van der Waals surface area contributed by atoms with Crippen molar-refractivity contribution in [3.8, 4) is 0 Å². The van der Waals surface area contributed by atoms with Gasteiger partial charge < -0.3 is 4.74 Å². The zero-order valence-corrected chi connectivity index (χ0v) is 11.8. The third-order valence-electron chi connectivity index (χ3n) is 2.44. The van der Waals surface area contributed by atoms with Crippen LogP contribution >= 0.6 is 0 Å². The van der Waals surface area contributed by atoms with E-state index < -0.39 is 0 Å². The van der Waals surface area contributed by atoms with E-state index in [1.807, 2.05) is 56.3 Å². The fraction of sp³-hybridized carbons (Fsp3) is 0.222. The second-order valence-electron chi connectivity index (χ2n) is 3.81. The predicted octanol–water partition coefficient (Wildman–Crippen LogP) is 4.94. The van der Waals surface area contributed by atoms with Crippen LogP contribution in [0.1, 0.15) is 25.0 Å². The first-order valence-electron chi connectivity index (χ1n) is 6.78. The second-order valence-corrected chi connectivity index (χ2v) is 3.81. The highest BCUT2D eigenvalue weighted by molar-refractivity contribution is 5.48. The minimum absolute atomic E-state index is 0.643. The summed E-state index contributed by atoms with van der Waals surface area (Å²) in [6, 6.07) is 20.4. The van der Waals surface area contributed by atoms with Gasteiger partial charge in [0, 0.05) is 0 Å². The van der Waals surface area contributed by atoms with Crippen molar-refractivity contribution >= 4 is 6.08 Å². The lowest BCUT2D eigenvalue weighted by Crippen LogP contribution is -1.91. The van der Waals surface area contributed by atoms with Crippen LogP contribution in [-0.2, 0) is 11.3 Å². The van der Waals surface area contributed by atoms with E-state index in [1.165, 1.54) is 11.1 Å². The highest BCUT2D eigenvalue weighted by atomic mass is 16.5. The van der Waals surface area contributed by atoms with E-state index in [1.54, 1.807) is 0 Å². The molecule has 0 radical (unpaired) electrons. The van der Waals surface area contributed by atoms with Gasteiger partial charge in [0.15, 0.2) is 0 Å². The van der Waals surface area contributed by atoms with Crippen LogP contribution in [0.3, 0.4) is 0 Å². The fourth-order valence-corrected chi connectivity index (χ4v) is 1.57. The topological polar surface area (TPSA) is 9.23 Å². The number of benzene rings is 2. The van der Waals surface area contributed by atoms with Crippen LogP contribution in [-0.4, -0.2) is 6.61 Å². The van der Waals surface area contributed by atoms with Crippen molar-refractivity contribution in [1.29, 1.82) is 0 Å². The van der Waals surface area contributed by atoms with E-state index in [0.29, 0.717) is 13.2 Å². The number of hydrogen-bond acceptors (Lipinski definition) is 1. The lowest BCUT2D eigenvalue weighted by atomic mass is 10.2. The highest BCUT2D eigenvalue weighted by Crippen LogP contribution is 2.02. The van der Waals surface area contributed by atoms with Gasteiger partial charge in [-0.25, -0.2) is 0 Å². The maximum absolute atomic E-state index is 5.55. The Morgan fingerprint density at radius 2 is 1.42 bits per heavy atom. The molecule has 2 aromatic carbocycles. The van der Waals surface area contributed by atoms with Gasteiger partial charge in [0.25, 0.3) is 0 Å². The molecule has 100 valence electrons. The van der Waals surface area contributed by atoms with Crippen molar-refractivity contribution in [3.63, 3.8) is 0 Å². The number of ether oxygens (including phenoxy) is 1. The molecule has 0 bridgehead atoms. The SMILES string of the molecule is C(=C\c1ccccc1)/COCc1ccccc1.CC. The molecule has 19 heavy (non-hydrogen) atoms. The zero-order valence-electron chi connectivity index (χ0n) is 11.8. The van der Waals surface area contributed by atoms with Crippen molar-refractivity contribution in [2.24, 2.45) is 0 Å². The summed E-state index contributed by atoms with van der Waals surface area (Å²) in [7, 11) is 0. The van der Waals surface area contributed by atoms with Crippen molar-refractivity contribution < 1.29 is 4.74 Å². The third-order valence-corrected chi connectivity index (χ3v) is 2.44. The Hall–Kier alpha value is -1.86. The van der Waals surface area contributed by atoms with Crippen molar-refractivity contribution in [3.05, 3.63) is 77.9 Å². The van der Waals surface area contributed by atoms with Gasteiger partial charge >= 0.3 is 0 Å². The molecule has 0 N–H and O–H groups in total. The molecule has 0 atom stereocenters. The van der Waals surface area contributed by atoms with Crippen molar-refractivity contribution in [2.45, 2.75) is 20.5 Å². The molecule has 1 heteroatoms. The van der Waals surface area contributed by atoms with Gasteiger partial charge in [-0.2, -0.15) is 0 Å². The van der Waals surface area contributed by atoms with E-state index in [4.69, 9.17) is 4.74 Å². The average Bonchev–Trinajstić information content (AvgIpc) is 2.51. The van der Waals surface area contributed by atoms with Gasteiger partial charge in [0.05, 0.1) is 13.2 Å². The summed E-state index contributed by atoms with van der Waals surface area (Å²) < 4.78 is 5.55. The Labute approximate surface area is 116 Å². The molecule has 2 rings (SSSR count). The molecule has 2 aromatic rings. The van der Waals surface area contributed by atoms with Crippen LogP contribution in [0.2, 0.25) is 0 Å². The largest absolute Gasteiger partial charge is 0.373 e. The lowest BCUT2D eigenvalue weighted by molar-refractivity contribution is 0.149. The van der Waals surface area contributed by atoms with Crippen LogP contribution in [0, 0.1) is 0 Å². The normalized spacial score (nSPS) is 10.0. The monoisotopic (exact) mass is 254 g/mol. The number of hydrogen-bond donors (Lipinski definition) is 0. The van der Waals surface area contributed by atoms with Gasteiger partial charge in [-0.15, -0.1) is 0 Å². The summed E-state index contributed by atoms with van der Waals surface area (Å²) in [6.45, 7) is 5.31. The molecule has 0 spiro atoms. The molecule has 0 saturated heterocycles. The molecular weight excluding hydrogens is 232 g/mol. The van der Waals surface area contributed by atoms with Gasteiger partial charge in [-0.1, -0.05) is 86.7 Å². The van der Waals surface area contributed by atoms with E-state index in [-0.39, 0.29) is 0 Å². The van der Waals surface area contributed by atoms with E-state index in [2.05, 4.69) is 30.3 Å². The minimum atomic E-state index is 0.643. The Kier molecular flexibility index (Phi) is 8.08. The summed E-state index contributed by atoms with van der Waals surface area (Å²) in [5.74, 6) is 0. The molecule has 0 fully saturated rings. The van der Waals surface area contributed by atoms with Crippen LogP contribution in [0.4, 0.5) is 0 Å². The van der Waals surface area contributed by atoms with Crippen molar-refractivity contribution in [2.75, 3.05) is 6.61 Å². The van der Waals surface area contributed by atoms with Crippen LogP contribution in [0.15, 0.2) is 66.7 Å². The summed E-state index contributed by atoms with van der Waals surface area (Å²) in [5, 5.41) is 0. The summed E-state index contributed by atoms with van der Waals surface area (Å²) >= 11 is 0. The van der Waals surface area contributed by atoms with Gasteiger partial charge in [0.2, 0.25) is 0 Å². The molecule has 1 nitrogen and oxygen atoms in total. The quantitative estimate of drug-likeness (QED) is 0.686. The maximum Gasteiger partial charge on any atom is 0.0721 e. The molecule has 0 aliphatic heterocycles. The second kappa shape index (κ2) is 10.1. The average molecular weight is 254 g/mol. The Morgan fingerprint density at radius 1 is 0.842 bits per heavy atom. The standard InChI is InChI=1S/C16H16O.C2H6/c1-3-8-15(9-4-1)12-7-13-17-14-16-10-5-2-6-11-16;1-2/h1-12H,13-14H2;1-2H3/b12-7+;. The third kappa shape index (κ3) is 6.58. The first kappa shape index (κ1) is 15.2. The van der Waals surface area contributed by atoms with E-state index in [9.17, 15) is 0 Å². The molecule has 0 heterocycles. The van der Waals surface area contributed by atoms with E-state index in [0.717, 1.165) is 0 Å². The lowest BCUT2D eigenvalue weighted by Gasteiger charge is -2.00. The van der Waals surface area contributed by atoms with Gasteiger partial charge in [-0.05, 0) is 11.1 Å². The molecule has 0 aliphatic carbocycles. The summed E-state index contributed by atoms with van der Waals surface area (Å²) in [6.07, 6.45) is 4.11. The summed E-state index contributed by atoms with van der Waals surface area (Å²) in [5.41, 5.74) is 2.41. The van der Waals surface area contributed by atoms with E-state index >= 15 is 0 Å². The van der Waals surface area contributed by atoms with Crippen LogP contribution in [0.25, 0.3) is 6.08 Å². The van der Waals surface area contributed by atoms with Gasteiger partial charge in [0.1, 0.15) is 0 Å². The summed E-state index contributed by atoms with van der Waals surface area (Å²) in [4.78, 5) is 0. The first-order valence-corrected chi connectivity index (χ1v) is 6.78. The Bertz CT molecular complexity index is 446. The van der Waals surface area contributed by atoms with Crippen molar-refractivity contribution in [1.82, 2.24) is 0 Å². The van der Waals surface area contributed by atoms with Crippen LogP contribution in [0.5, 0.6) is 0 Å². The predicted molar refractivity (Wildman–Crippen MR) is 82.9 cm³/mol. The Morgan fingerprint density at radius 3 is 2.05 bits per heavy atom. The van der Waals surface area contributed by atoms with Crippen LogP contribution < -0.4 is 0 Å². The molecule has 0 aliphatic rings.